The number of halogens is 1. The van der Waals surface area contributed by atoms with Gasteiger partial charge >= 0.3 is 0 Å². The smallest absolute Gasteiger partial charge is 0.228 e. The quantitative estimate of drug-likeness (QED) is 0.841. The van der Waals surface area contributed by atoms with Gasteiger partial charge in [0.1, 0.15) is 5.76 Å². The Balaban J connectivity index is 1.78. The fourth-order valence-electron chi connectivity index (χ4n) is 3.17. The summed E-state index contributed by atoms with van der Waals surface area (Å²) < 4.78 is 5.73. The number of hydrogen-bond acceptors (Lipinski definition) is 3. The van der Waals surface area contributed by atoms with Crippen molar-refractivity contribution in [1.82, 2.24) is 9.88 Å². The number of aromatic nitrogens is 1. The molecule has 0 aliphatic carbocycles. The van der Waals surface area contributed by atoms with E-state index in [1.807, 2.05) is 36.1 Å². The lowest BCUT2D eigenvalue weighted by molar-refractivity contribution is -0.131. The van der Waals surface area contributed by atoms with E-state index in [1.165, 1.54) is 0 Å². The maximum Gasteiger partial charge on any atom is 0.228 e. The van der Waals surface area contributed by atoms with Crippen molar-refractivity contribution in [1.29, 1.82) is 0 Å². The zero-order chi connectivity index (χ0) is 16.4. The summed E-state index contributed by atoms with van der Waals surface area (Å²) in [7, 11) is 0. The first kappa shape index (κ1) is 16.1. The van der Waals surface area contributed by atoms with Gasteiger partial charge in [0.15, 0.2) is 0 Å². The van der Waals surface area contributed by atoms with E-state index < -0.39 is 0 Å². The Labute approximate surface area is 141 Å². The van der Waals surface area contributed by atoms with E-state index in [1.54, 1.807) is 0 Å². The van der Waals surface area contributed by atoms with Crippen molar-refractivity contribution < 1.29 is 9.21 Å². The molecule has 5 heteroatoms. The topological polar surface area (TPSA) is 46.3 Å². The second-order valence-corrected chi connectivity index (χ2v) is 6.44. The van der Waals surface area contributed by atoms with Crippen molar-refractivity contribution in [2.75, 3.05) is 6.54 Å². The average Bonchev–Trinajstić information content (AvgIpc) is 3.14. The van der Waals surface area contributed by atoms with Gasteiger partial charge in [0.2, 0.25) is 11.8 Å². The van der Waals surface area contributed by atoms with Crippen LogP contribution in [0, 0.1) is 6.92 Å². The summed E-state index contributed by atoms with van der Waals surface area (Å²) in [6, 6.07) is 7.76. The molecule has 0 saturated carbocycles. The van der Waals surface area contributed by atoms with Crippen LogP contribution < -0.4 is 0 Å². The molecule has 0 radical (unpaired) electrons. The number of carbonyl (C=O) groups excluding carboxylic acids is 1. The van der Waals surface area contributed by atoms with Gasteiger partial charge in [-0.2, -0.15) is 0 Å². The summed E-state index contributed by atoms with van der Waals surface area (Å²) in [5, 5.41) is 0.638. The Morgan fingerprint density at radius 2 is 2.30 bits per heavy atom. The third-order valence-corrected chi connectivity index (χ3v) is 4.69. The molecule has 1 aliphatic rings. The van der Waals surface area contributed by atoms with Crippen LogP contribution in [0.3, 0.4) is 0 Å². The molecule has 1 aliphatic heterocycles. The molecule has 2 aromatic rings. The zero-order valence-corrected chi connectivity index (χ0v) is 14.3. The Bertz CT molecular complexity index is 711. The van der Waals surface area contributed by atoms with Gasteiger partial charge in [0, 0.05) is 23.2 Å². The fourth-order valence-corrected chi connectivity index (χ4v) is 3.36. The molecule has 4 nitrogen and oxygen atoms in total. The fraction of sp³-hybridized carbons (Fsp3) is 0.444. The number of aryl methyl sites for hydroxylation is 1. The van der Waals surface area contributed by atoms with Crippen LogP contribution in [0.1, 0.15) is 37.6 Å². The number of rotatable bonds is 4. The highest BCUT2D eigenvalue weighted by Gasteiger charge is 2.28. The van der Waals surface area contributed by atoms with E-state index in [0.29, 0.717) is 34.8 Å². The first-order valence-corrected chi connectivity index (χ1v) is 8.48. The molecule has 3 rings (SSSR count). The Hall–Kier alpha value is -1.81. The van der Waals surface area contributed by atoms with Crippen LogP contribution in [0.4, 0.5) is 0 Å². The molecule has 1 unspecified atom stereocenters. The minimum atomic E-state index is 0.142. The Kier molecular flexibility index (Phi) is 4.71. The summed E-state index contributed by atoms with van der Waals surface area (Å²) in [6.45, 7) is 4.84. The van der Waals surface area contributed by atoms with Crippen molar-refractivity contribution in [2.24, 2.45) is 0 Å². The van der Waals surface area contributed by atoms with E-state index in [9.17, 15) is 4.79 Å². The van der Waals surface area contributed by atoms with Crippen molar-refractivity contribution in [3.8, 4) is 11.5 Å². The van der Waals surface area contributed by atoms with Crippen LogP contribution in [0.5, 0.6) is 0 Å². The summed E-state index contributed by atoms with van der Waals surface area (Å²) in [5.41, 5.74) is 1.54. The second-order valence-electron chi connectivity index (χ2n) is 6.00. The molecule has 1 fully saturated rings. The van der Waals surface area contributed by atoms with Gasteiger partial charge in [-0.05, 0) is 44.4 Å². The zero-order valence-electron chi connectivity index (χ0n) is 13.5. The highest BCUT2D eigenvalue weighted by molar-refractivity contribution is 6.30. The van der Waals surface area contributed by atoms with Crippen molar-refractivity contribution >= 4 is 17.5 Å². The number of likely N-dealkylation sites (tertiary alicyclic amines) is 1. The first-order valence-electron chi connectivity index (χ1n) is 8.10. The van der Waals surface area contributed by atoms with Crippen LogP contribution in [-0.4, -0.2) is 28.4 Å². The van der Waals surface area contributed by atoms with E-state index in [-0.39, 0.29) is 5.91 Å². The first-order chi connectivity index (χ1) is 11.1. The van der Waals surface area contributed by atoms with Crippen molar-refractivity contribution in [2.45, 2.75) is 45.6 Å². The van der Waals surface area contributed by atoms with Gasteiger partial charge in [-0.15, -0.1) is 0 Å². The molecule has 0 N–H and O–H groups in total. The SMILES string of the molecule is CCC1CCCN1C(=O)Cc1nc(-c2cccc(Cl)c2)oc1C. The largest absolute Gasteiger partial charge is 0.441 e. The van der Waals surface area contributed by atoms with Gasteiger partial charge in [0.05, 0.1) is 12.1 Å². The molecule has 1 saturated heterocycles. The molecule has 1 aromatic carbocycles. The summed E-state index contributed by atoms with van der Waals surface area (Å²) in [5.74, 6) is 1.35. The minimum absolute atomic E-state index is 0.142. The van der Waals surface area contributed by atoms with Crippen LogP contribution in [-0.2, 0) is 11.2 Å². The van der Waals surface area contributed by atoms with Gasteiger partial charge in [-0.1, -0.05) is 24.6 Å². The maximum absolute atomic E-state index is 12.6. The highest BCUT2D eigenvalue weighted by Crippen LogP contribution is 2.26. The molecule has 23 heavy (non-hydrogen) atoms. The van der Waals surface area contributed by atoms with Crippen LogP contribution >= 0.6 is 11.6 Å². The van der Waals surface area contributed by atoms with Gasteiger partial charge in [-0.3, -0.25) is 4.79 Å². The Morgan fingerprint density at radius 1 is 1.48 bits per heavy atom. The molecule has 1 atom stereocenters. The highest BCUT2D eigenvalue weighted by atomic mass is 35.5. The summed E-state index contributed by atoms with van der Waals surface area (Å²) in [6.07, 6.45) is 3.51. The predicted octanol–water partition coefficient (Wildman–Crippen LogP) is 4.25. The van der Waals surface area contributed by atoms with Gasteiger partial charge in [-0.25, -0.2) is 4.98 Å². The van der Waals surface area contributed by atoms with Crippen LogP contribution in [0.2, 0.25) is 5.02 Å². The summed E-state index contributed by atoms with van der Waals surface area (Å²) in [4.78, 5) is 19.1. The number of oxazole rings is 1. The van der Waals surface area contributed by atoms with E-state index >= 15 is 0 Å². The molecule has 1 aromatic heterocycles. The van der Waals surface area contributed by atoms with Crippen LogP contribution in [0.25, 0.3) is 11.5 Å². The maximum atomic E-state index is 12.6. The van der Waals surface area contributed by atoms with Gasteiger partial charge < -0.3 is 9.32 Å². The third-order valence-electron chi connectivity index (χ3n) is 4.45. The molecule has 0 bridgehead atoms. The van der Waals surface area contributed by atoms with E-state index in [0.717, 1.165) is 31.4 Å². The monoisotopic (exact) mass is 332 g/mol. The minimum Gasteiger partial charge on any atom is -0.441 e. The second kappa shape index (κ2) is 6.75. The number of hydrogen-bond donors (Lipinski definition) is 0. The molecule has 2 heterocycles. The number of nitrogens with zero attached hydrogens (tertiary/aromatic N) is 2. The standard InChI is InChI=1S/C18H21ClN2O2/c1-3-15-8-5-9-21(15)17(22)11-16-12(2)23-18(20-16)13-6-4-7-14(19)10-13/h4,6-7,10,15H,3,5,8-9,11H2,1-2H3. The Morgan fingerprint density at radius 3 is 3.04 bits per heavy atom. The lowest BCUT2D eigenvalue weighted by Crippen LogP contribution is -2.36. The molecular formula is C18H21ClN2O2. The van der Waals surface area contributed by atoms with Crippen molar-refractivity contribution in [3.63, 3.8) is 0 Å². The third kappa shape index (κ3) is 3.42. The lowest BCUT2D eigenvalue weighted by Gasteiger charge is -2.23. The summed E-state index contributed by atoms with van der Waals surface area (Å²) >= 11 is 6.01. The van der Waals surface area contributed by atoms with Crippen LogP contribution in [0.15, 0.2) is 28.7 Å². The van der Waals surface area contributed by atoms with E-state index in [2.05, 4.69) is 11.9 Å². The molecule has 122 valence electrons. The number of carbonyl (C=O) groups is 1. The van der Waals surface area contributed by atoms with E-state index in [4.69, 9.17) is 16.0 Å². The molecule has 1 amide bonds. The molecular weight excluding hydrogens is 312 g/mol. The predicted molar refractivity (Wildman–Crippen MR) is 90.4 cm³/mol. The number of benzene rings is 1. The molecule has 0 spiro atoms. The number of amides is 1. The normalized spacial score (nSPS) is 17.7. The lowest BCUT2D eigenvalue weighted by atomic mass is 10.1. The van der Waals surface area contributed by atoms with Gasteiger partial charge in [0.25, 0.3) is 0 Å². The average molecular weight is 333 g/mol. The van der Waals surface area contributed by atoms with Crippen molar-refractivity contribution in [3.05, 3.63) is 40.7 Å².